The van der Waals surface area contributed by atoms with E-state index in [9.17, 15) is 4.79 Å². The molecule has 0 aromatic heterocycles. The van der Waals surface area contributed by atoms with Crippen molar-refractivity contribution in [3.63, 3.8) is 0 Å². The van der Waals surface area contributed by atoms with Crippen molar-refractivity contribution in [3.8, 4) is 22.6 Å². The van der Waals surface area contributed by atoms with Gasteiger partial charge in [-0.15, -0.1) is 0 Å². The first-order valence-corrected chi connectivity index (χ1v) is 13.8. The second-order valence-corrected chi connectivity index (χ2v) is 9.49. The first-order valence-electron chi connectivity index (χ1n) is 13.8. The van der Waals surface area contributed by atoms with Gasteiger partial charge in [-0.1, -0.05) is 49.7 Å². The molecule has 0 N–H and O–H groups in total. The molecule has 1 aliphatic rings. The maximum atomic E-state index is 12.5. The van der Waals surface area contributed by atoms with E-state index in [-0.39, 0.29) is 5.97 Å². The number of rotatable bonds is 13. The highest BCUT2D eigenvalue weighted by Gasteiger charge is 2.21. The Bertz CT molecular complexity index is 1250. The summed E-state index contributed by atoms with van der Waals surface area (Å²) in [5.74, 6) is 1.42. The van der Waals surface area contributed by atoms with E-state index < -0.39 is 0 Å². The summed E-state index contributed by atoms with van der Waals surface area (Å²) in [7, 11) is 1.43. The molecule has 1 aliphatic heterocycles. The molecular formula is C33H39NO5. The number of hydrogen-bond acceptors (Lipinski definition) is 6. The Hall–Kier alpha value is -3.77. The van der Waals surface area contributed by atoms with Gasteiger partial charge in [0.05, 0.1) is 20.3 Å². The van der Waals surface area contributed by atoms with Gasteiger partial charge in [0.25, 0.3) is 0 Å². The van der Waals surface area contributed by atoms with E-state index in [1.807, 2.05) is 43.3 Å². The molecule has 6 nitrogen and oxygen atoms in total. The lowest BCUT2D eigenvalue weighted by Crippen LogP contribution is -2.25. The lowest BCUT2D eigenvalue weighted by Gasteiger charge is -2.26. The number of nitrogens with zero attached hydrogens (tertiary/aromatic N) is 1. The number of unbranched alkanes of at least 4 members (excludes halogenated alkanes) is 1. The van der Waals surface area contributed by atoms with Gasteiger partial charge in [-0.3, -0.25) is 0 Å². The number of fused-ring (bicyclic) bond motifs is 1. The third-order valence-electron chi connectivity index (χ3n) is 6.76. The summed E-state index contributed by atoms with van der Waals surface area (Å²) in [6.45, 7) is 8.04. The van der Waals surface area contributed by atoms with Crippen LogP contribution in [-0.4, -0.2) is 46.1 Å². The van der Waals surface area contributed by atoms with E-state index in [0.717, 1.165) is 58.9 Å². The fourth-order valence-corrected chi connectivity index (χ4v) is 4.68. The van der Waals surface area contributed by atoms with Crippen LogP contribution in [0.2, 0.25) is 0 Å². The summed E-state index contributed by atoms with van der Waals surface area (Å²) in [4.78, 5) is 14.8. The summed E-state index contributed by atoms with van der Waals surface area (Å²) in [5, 5.41) is 0. The standard InChI is InChI=1S/C33H39NO5/c1-4-6-19-37-20-21-39-30-14-11-25(12-15-30)26-13-16-31-29(22-26)23-27(33(35)36-3)17-18-34(31)24-28-9-7-8-10-32(28)38-5-2/h7-16,22-23H,4-6,17-21,24H2,1-3H3. The van der Waals surface area contributed by atoms with Crippen molar-refractivity contribution in [2.45, 2.75) is 39.7 Å². The molecule has 0 spiro atoms. The van der Waals surface area contributed by atoms with Crippen molar-refractivity contribution in [2.75, 3.05) is 45.0 Å². The quantitative estimate of drug-likeness (QED) is 0.177. The zero-order valence-electron chi connectivity index (χ0n) is 23.3. The predicted molar refractivity (Wildman–Crippen MR) is 156 cm³/mol. The van der Waals surface area contributed by atoms with E-state index in [2.05, 4.69) is 48.2 Å². The van der Waals surface area contributed by atoms with Gasteiger partial charge in [-0.25, -0.2) is 4.79 Å². The van der Waals surface area contributed by atoms with Gasteiger partial charge in [0.1, 0.15) is 18.1 Å². The molecule has 0 bridgehead atoms. The third kappa shape index (κ3) is 7.64. The third-order valence-corrected chi connectivity index (χ3v) is 6.76. The molecule has 6 heteroatoms. The minimum atomic E-state index is -0.289. The predicted octanol–water partition coefficient (Wildman–Crippen LogP) is 6.91. The van der Waals surface area contributed by atoms with Crippen LogP contribution < -0.4 is 14.4 Å². The Kier molecular flexibility index (Phi) is 10.4. The first-order chi connectivity index (χ1) is 19.1. The molecule has 0 unspecified atom stereocenters. The SMILES string of the molecule is CCCCOCCOc1ccc(-c2ccc3c(c2)C=C(C(=O)OC)CCN3Cc2ccccc2OCC)cc1. The number of carbonyl (C=O) groups excluding carboxylic acids is 1. The highest BCUT2D eigenvalue weighted by atomic mass is 16.5. The second kappa shape index (κ2) is 14.4. The van der Waals surface area contributed by atoms with Crippen LogP contribution in [0.25, 0.3) is 17.2 Å². The molecule has 0 aliphatic carbocycles. The van der Waals surface area contributed by atoms with E-state index in [0.29, 0.717) is 44.9 Å². The maximum Gasteiger partial charge on any atom is 0.333 e. The zero-order chi connectivity index (χ0) is 27.5. The second-order valence-electron chi connectivity index (χ2n) is 9.49. The Labute approximate surface area is 232 Å². The molecule has 3 aromatic rings. The first kappa shape index (κ1) is 28.2. The van der Waals surface area contributed by atoms with Crippen molar-refractivity contribution in [2.24, 2.45) is 0 Å². The van der Waals surface area contributed by atoms with Gasteiger partial charge >= 0.3 is 5.97 Å². The van der Waals surface area contributed by atoms with Gasteiger partial charge in [-0.2, -0.15) is 0 Å². The maximum absolute atomic E-state index is 12.5. The van der Waals surface area contributed by atoms with Gasteiger partial charge in [0.2, 0.25) is 0 Å². The van der Waals surface area contributed by atoms with Crippen molar-refractivity contribution < 1.29 is 23.7 Å². The number of methoxy groups -OCH3 is 1. The lowest BCUT2D eigenvalue weighted by atomic mass is 10.00. The van der Waals surface area contributed by atoms with Crippen molar-refractivity contribution in [1.29, 1.82) is 0 Å². The molecular weight excluding hydrogens is 490 g/mol. The summed E-state index contributed by atoms with van der Waals surface area (Å²) < 4.78 is 22.4. The van der Waals surface area contributed by atoms with Gasteiger partial charge in [0, 0.05) is 36.5 Å². The number of esters is 1. The molecule has 0 fully saturated rings. The summed E-state index contributed by atoms with van der Waals surface area (Å²) >= 11 is 0. The van der Waals surface area contributed by atoms with Gasteiger partial charge < -0.3 is 23.8 Å². The van der Waals surface area contributed by atoms with Crippen LogP contribution in [0.3, 0.4) is 0 Å². The molecule has 39 heavy (non-hydrogen) atoms. The molecule has 0 radical (unpaired) electrons. The Balaban J connectivity index is 1.55. The zero-order valence-corrected chi connectivity index (χ0v) is 23.3. The van der Waals surface area contributed by atoms with Crippen LogP contribution in [0.4, 0.5) is 5.69 Å². The topological polar surface area (TPSA) is 57.2 Å². The normalized spacial score (nSPS) is 12.8. The van der Waals surface area contributed by atoms with E-state index in [1.54, 1.807) is 0 Å². The van der Waals surface area contributed by atoms with Crippen LogP contribution >= 0.6 is 0 Å². The van der Waals surface area contributed by atoms with Crippen LogP contribution in [0.15, 0.2) is 72.3 Å². The van der Waals surface area contributed by atoms with Crippen LogP contribution in [-0.2, 0) is 20.8 Å². The highest BCUT2D eigenvalue weighted by molar-refractivity contribution is 5.96. The molecule has 0 amide bonds. The number of benzene rings is 3. The van der Waals surface area contributed by atoms with Crippen molar-refractivity contribution in [3.05, 3.63) is 83.4 Å². The number of anilines is 1. The fraction of sp³-hybridized carbons (Fsp3) is 0.364. The van der Waals surface area contributed by atoms with E-state index in [1.165, 1.54) is 7.11 Å². The molecule has 1 heterocycles. The van der Waals surface area contributed by atoms with Crippen molar-refractivity contribution >= 4 is 17.7 Å². The van der Waals surface area contributed by atoms with E-state index in [4.69, 9.17) is 18.9 Å². The Morgan fingerprint density at radius 2 is 1.69 bits per heavy atom. The smallest absolute Gasteiger partial charge is 0.333 e. The van der Waals surface area contributed by atoms with Crippen LogP contribution in [0.5, 0.6) is 11.5 Å². The molecule has 0 atom stereocenters. The number of ether oxygens (including phenoxy) is 4. The van der Waals surface area contributed by atoms with E-state index >= 15 is 0 Å². The summed E-state index contributed by atoms with van der Waals surface area (Å²) in [6, 6.07) is 22.6. The fourth-order valence-electron chi connectivity index (χ4n) is 4.68. The summed E-state index contributed by atoms with van der Waals surface area (Å²) in [5.41, 5.74) is 5.99. The largest absolute Gasteiger partial charge is 0.494 e. The monoisotopic (exact) mass is 529 g/mol. The molecule has 4 rings (SSSR count). The molecule has 0 saturated heterocycles. The number of hydrogen-bond donors (Lipinski definition) is 0. The minimum Gasteiger partial charge on any atom is -0.494 e. The van der Waals surface area contributed by atoms with Gasteiger partial charge in [0.15, 0.2) is 0 Å². The number of carbonyl (C=O) groups is 1. The average molecular weight is 530 g/mol. The minimum absolute atomic E-state index is 0.289. The Morgan fingerprint density at radius 1 is 0.897 bits per heavy atom. The average Bonchev–Trinajstić information content (AvgIpc) is 3.15. The Morgan fingerprint density at radius 3 is 2.46 bits per heavy atom. The van der Waals surface area contributed by atoms with Crippen LogP contribution in [0, 0.1) is 0 Å². The highest BCUT2D eigenvalue weighted by Crippen LogP contribution is 2.35. The molecule has 206 valence electrons. The number of para-hydroxylation sites is 1. The van der Waals surface area contributed by atoms with Gasteiger partial charge in [-0.05, 0) is 72.9 Å². The molecule has 3 aromatic carbocycles. The van der Waals surface area contributed by atoms with Crippen LogP contribution in [0.1, 0.15) is 44.2 Å². The van der Waals surface area contributed by atoms with Crippen molar-refractivity contribution in [1.82, 2.24) is 0 Å². The summed E-state index contributed by atoms with van der Waals surface area (Å²) in [6.07, 6.45) is 4.77. The lowest BCUT2D eigenvalue weighted by molar-refractivity contribution is -0.136. The molecule has 0 saturated carbocycles.